The maximum Gasteiger partial charge on any atom is 0.311 e. The lowest BCUT2D eigenvalue weighted by Crippen LogP contribution is -2.43. The van der Waals surface area contributed by atoms with Crippen LogP contribution in [0.15, 0.2) is 0 Å². The molecule has 3 nitrogen and oxygen atoms in total. The Hall–Kier alpha value is -0.220. The standard InChI is InChI=1S/C9H17NO2S/c1-6(2)10-8-5-13-4-7(8)9(11)12-3/h6-8,10H,4-5H2,1-3H3. The number of esters is 1. The number of methoxy groups -OCH3 is 1. The average Bonchev–Trinajstić information content (AvgIpc) is 2.50. The molecule has 0 aliphatic carbocycles. The summed E-state index contributed by atoms with van der Waals surface area (Å²) in [5.74, 6) is 1.86. The van der Waals surface area contributed by atoms with Crippen molar-refractivity contribution in [2.45, 2.75) is 25.9 Å². The van der Waals surface area contributed by atoms with E-state index in [0.717, 1.165) is 11.5 Å². The molecule has 1 aliphatic heterocycles. The first-order valence-corrected chi connectivity index (χ1v) is 5.72. The molecule has 0 spiro atoms. The minimum absolute atomic E-state index is 0.0393. The van der Waals surface area contributed by atoms with Gasteiger partial charge in [0, 0.05) is 23.6 Å². The second kappa shape index (κ2) is 4.86. The van der Waals surface area contributed by atoms with Crippen molar-refractivity contribution in [2.24, 2.45) is 5.92 Å². The van der Waals surface area contributed by atoms with Crippen molar-refractivity contribution in [1.29, 1.82) is 0 Å². The third kappa shape index (κ3) is 2.88. The summed E-state index contributed by atoms with van der Waals surface area (Å²) >= 11 is 1.81. The highest BCUT2D eigenvalue weighted by atomic mass is 32.2. The van der Waals surface area contributed by atoms with E-state index in [9.17, 15) is 4.79 Å². The molecule has 0 aromatic rings. The molecule has 1 saturated heterocycles. The highest BCUT2D eigenvalue weighted by Crippen LogP contribution is 2.25. The number of carbonyl (C=O) groups is 1. The Kier molecular flexibility index (Phi) is 4.06. The monoisotopic (exact) mass is 203 g/mol. The molecule has 1 fully saturated rings. The molecule has 2 unspecified atom stereocenters. The molecule has 4 heteroatoms. The van der Waals surface area contributed by atoms with Crippen molar-refractivity contribution in [3.63, 3.8) is 0 Å². The van der Waals surface area contributed by atoms with Crippen molar-refractivity contribution in [2.75, 3.05) is 18.6 Å². The Morgan fingerprint density at radius 1 is 1.54 bits per heavy atom. The van der Waals surface area contributed by atoms with Gasteiger partial charge in [-0.1, -0.05) is 13.8 Å². The van der Waals surface area contributed by atoms with E-state index in [1.54, 1.807) is 0 Å². The molecular formula is C9H17NO2S. The van der Waals surface area contributed by atoms with E-state index in [1.807, 2.05) is 11.8 Å². The second-order valence-electron chi connectivity index (χ2n) is 3.59. The van der Waals surface area contributed by atoms with Gasteiger partial charge in [-0.25, -0.2) is 0 Å². The summed E-state index contributed by atoms with van der Waals surface area (Å²) in [6.07, 6.45) is 0. The summed E-state index contributed by atoms with van der Waals surface area (Å²) in [5.41, 5.74) is 0. The van der Waals surface area contributed by atoms with Gasteiger partial charge in [0.2, 0.25) is 0 Å². The highest BCUT2D eigenvalue weighted by molar-refractivity contribution is 7.99. The number of hydrogen-bond acceptors (Lipinski definition) is 4. The average molecular weight is 203 g/mol. The molecule has 0 bridgehead atoms. The summed E-state index contributed by atoms with van der Waals surface area (Å²) in [5, 5.41) is 3.39. The fraction of sp³-hybridized carbons (Fsp3) is 0.889. The van der Waals surface area contributed by atoms with E-state index in [0.29, 0.717) is 6.04 Å². The summed E-state index contributed by atoms with van der Waals surface area (Å²) in [4.78, 5) is 11.3. The summed E-state index contributed by atoms with van der Waals surface area (Å²) in [6, 6.07) is 0.716. The van der Waals surface area contributed by atoms with Crippen LogP contribution in [0.4, 0.5) is 0 Å². The van der Waals surface area contributed by atoms with Crippen LogP contribution in [-0.2, 0) is 9.53 Å². The van der Waals surface area contributed by atoms with Gasteiger partial charge in [0.1, 0.15) is 0 Å². The number of thioether (sulfide) groups is 1. The van der Waals surface area contributed by atoms with Crippen LogP contribution in [0.25, 0.3) is 0 Å². The molecule has 0 aromatic heterocycles. The number of nitrogens with one attached hydrogen (secondary N) is 1. The van der Waals surface area contributed by atoms with Crippen molar-refractivity contribution >= 4 is 17.7 Å². The van der Waals surface area contributed by atoms with Gasteiger partial charge in [-0.3, -0.25) is 4.79 Å². The minimum atomic E-state index is -0.0804. The molecule has 2 atom stereocenters. The largest absolute Gasteiger partial charge is 0.469 e. The van der Waals surface area contributed by atoms with Crippen LogP contribution < -0.4 is 5.32 Å². The van der Waals surface area contributed by atoms with Gasteiger partial charge in [-0.2, -0.15) is 11.8 Å². The summed E-state index contributed by atoms with van der Waals surface area (Å²) in [6.45, 7) is 4.19. The number of rotatable bonds is 3. The zero-order valence-corrected chi connectivity index (χ0v) is 9.19. The minimum Gasteiger partial charge on any atom is -0.469 e. The Labute approximate surface area is 83.6 Å². The molecular weight excluding hydrogens is 186 g/mol. The molecule has 1 heterocycles. The molecule has 0 saturated carbocycles. The third-order valence-electron chi connectivity index (χ3n) is 2.13. The maximum atomic E-state index is 11.3. The van der Waals surface area contributed by atoms with Crippen LogP contribution >= 0.6 is 11.8 Å². The lowest BCUT2D eigenvalue weighted by atomic mass is 10.0. The molecule has 13 heavy (non-hydrogen) atoms. The van der Waals surface area contributed by atoms with Crippen molar-refractivity contribution < 1.29 is 9.53 Å². The van der Waals surface area contributed by atoms with Gasteiger partial charge in [0.15, 0.2) is 0 Å². The summed E-state index contributed by atoms with van der Waals surface area (Å²) in [7, 11) is 1.46. The number of ether oxygens (including phenoxy) is 1. The van der Waals surface area contributed by atoms with Gasteiger partial charge < -0.3 is 10.1 Å². The van der Waals surface area contributed by atoms with Crippen LogP contribution in [0.3, 0.4) is 0 Å². The van der Waals surface area contributed by atoms with Crippen LogP contribution in [-0.4, -0.2) is 36.7 Å². The van der Waals surface area contributed by atoms with Crippen LogP contribution in [0.2, 0.25) is 0 Å². The predicted molar refractivity (Wildman–Crippen MR) is 54.9 cm³/mol. The van der Waals surface area contributed by atoms with E-state index in [2.05, 4.69) is 19.2 Å². The smallest absolute Gasteiger partial charge is 0.311 e. The highest BCUT2D eigenvalue weighted by Gasteiger charge is 2.34. The van der Waals surface area contributed by atoms with Crippen LogP contribution in [0.1, 0.15) is 13.8 Å². The Morgan fingerprint density at radius 3 is 2.77 bits per heavy atom. The zero-order chi connectivity index (χ0) is 9.84. The van der Waals surface area contributed by atoms with E-state index in [-0.39, 0.29) is 17.9 Å². The summed E-state index contributed by atoms with van der Waals surface area (Å²) < 4.78 is 4.75. The first kappa shape index (κ1) is 10.9. The maximum absolute atomic E-state index is 11.3. The number of carbonyl (C=O) groups excluding carboxylic acids is 1. The van der Waals surface area contributed by atoms with E-state index in [4.69, 9.17) is 4.74 Å². The third-order valence-corrected chi connectivity index (χ3v) is 3.32. The normalized spacial score (nSPS) is 28.0. The van der Waals surface area contributed by atoms with Crippen molar-refractivity contribution in [3.8, 4) is 0 Å². The molecule has 76 valence electrons. The predicted octanol–water partition coefficient (Wildman–Crippen LogP) is 0.889. The van der Waals surface area contributed by atoms with E-state index >= 15 is 0 Å². The topological polar surface area (TPSA) is 38.3 Å². The van der Waals surface area contributed by atoms with Crippen LogP contribution in [0.5, 0.6) is 0 Å². The van der Waals surface area contributed by atoms with Crippen LogP contribution in [0, 0.1) is 5.92 Å². The lowest BCUT2D eigenvalue weighted by molar-refractivity contribution is -0.145. The van der Waals surface area contributed by atoms with Gasteiger partial charge in [0.25, 0.3) is 0 Å². The van der Waals surface area contributed by atoms with Crippen molar-refractivity contribution in [1.82, 2.24) is 5.32 Å². The molecule has 0 radical (unpaired) electrons. The molecule has 0 amide bonds. The quantitative estimate of drug-likeness (QED) is 0.691. The van der Waals surface area contributed by atoms with Gasteiger partial charge >= 0.3 is 5.97 Å². The Balaban J connectivity index is 2.48. The molecule has 1 N–H and O–H groups in total. The lowest BCUT2D eigenvalue weighted by Gasteiger charge is -2.20. The second-order valence-corrected chi connectivity index (χ2v) is 4.67. The molecule has 1 aliphatic rings. The SMILES string of the molecule is COC(=O)C1CSCC1NC(C)C. The molecule has 0 aromatic carbocycles. The van der Waals surface area contributed by atoms with E-state index < -0.39 is 0 Å². The van der Waals surface area contributed by atoms with Crippen molar-refractivity contribution in [3.05, 3.63) is 0 Å². The fourth-order valence-corrected chi connectivity index (χ4v) is 2.87. The Bertz CT molecular complexity index is 184. The fourth-order valence-electron chi connectivity index (χ4n) is 1.53. The number of hydrogen-bond donors (Lipinski definition) is 1. The molecule has 1 rings (SSSR count). The van der Waals surface area contributed by atoms with Gasteiger partial charge in [-0.15, -0.1) is 0 Å². The Morgan fingerprint density at radius 2 is 2.23 bits per heavy atom. The van der Waals surface area contributed by atoms with E-state index in [1.165, 1.54) is 7.11 Å². The first-order chi connectivity index (χ1) is 6.15. The first-order valence-electron chi connectivity index (χ1n) is 4.56. The van der Waals surface area contributed by atoms with Gasteiger partial charge in [0.05, 0.1) is 13.0 Å². The zero-order valence-electron chi connectivity index (χ0n) is 8.37. The van der Waals surface area contributed by atoms with Gasteiger partial charge in [-0.05, 0) is 0 Å².